The minimum atomic E-state index is -1.32. The Morgan fingerprint density at radius 1 is 0.533 bits per heavy atom. The van der Waals surface area contributed by atoms with Crippen molar-refractivity contribution in [1.82, 2.24) is 0 Å². The molecule has 0 aromatic heterocycles. The van der Waals surface area contributed by atoms with Gasteiger partial charge in [0.05, 0.1) is 16.1 Å². The Hall–Kier alpha value is -1.39. The summed E-state index contributed by atoms with van der Waals surface area (Å²) in [6.07, 6.45) is 4.93. The van der Waals surface area contributed by atoms with Gasteiger partial charge in [-0.2, -0.15) is 0 Å². The van der Waals surface area contributed by atoms with Crippen molar-refractivity contribution in [2.24, 2.45) is 0 Å². The summed E-state index contributed by atoms with van der Waals surface area (Å²) in [5.74, 6) is 0. The van der Waals surface area contributed by atoms with Crippen LogP contribution < -0.4 is 10.4 Å². The quantitative estimate of drug-likeness (QED) is 0.457. The van der Waals surface area contributed by atoms with E-state index in [0.29, 0.717) is 0 Å². The first-order chi connectivity index (χ1) is 13.8. The lowest BCUT2D eigenvalue weighted by molar-refractivity contribution is 1.05. The SMILES string of the molecule is Cc1cc([Si](C)(C)C)c(C)c2c1/C(=C1\CCc3c(C)c([Si](C)(C)C)cc(C)c31)CC2. The molecule has 0 radical (unpaired) electrons. The fourth-order valence-electron chi connectivity index (χ4n) is 6.35. The van der Waals surface area contributed by atoms with Gasteiger partial charge in [0.15, 0.2) is 0 Å². The Bertz CT molecular complexity index is 998. The first kappa shape index (κ1) is 21.8. The fourth-order valence-corrected chi connectivity index (χ4v) is 10.2. The van der Waals surface area contributed by atoms with Crippen LogP contribution >= 0.6 is 0 Å². The normalized spacial score (nSPS) is 18.7. The summed E-state index contributed by atoms with van der Waals surface area (Å²) in [6, 6.07) is 5.10. The van der Waals surface area contributed by atoms with Gasteiger partial charge in [-0.25, -0.2) is 0 Å². The molecule has 0 saturated heterocycles. The monoisotopic (exact) mass is 432 g/mol. The van der Waals surface area contributed by atoms with Crippen LogP contribution in [0.5, 0.6) is 0 Å². The molecule has 0 nitrogen and oxygen atoms in total. The highest BCUT2D eigenvalue weighted by Gasteiger charge is 2.33. The van der Waals surface area contributed by atoms with E-state index < -0.39 is 16.1 Å². The fraction of sp³-hybridized carbons (Fsp3) is 0.500. The number of allylic oxidation sites excluding steroid dienone is 2. The van der Waals surface area contributed by atoms with Gasteiger partial charge in [-0.3, -0.25) is 0 Å². The molecule has 2 aliphatic rings. The van der Waals surface area contributed by atoms with E-state index in [-0.39, 0.29) is 0 Å². The highest BCUT2D eigenvalue weighted by molar-refractivity contribution is 6.89. The summed E-state index contributed by atoms with van der Waals surface area (Å²) in [5, 5.41) is 3.34. The molecule has 0 unspecified atom stereocenters. The summed E-state index contributed by atoms with van der Waals surface area (Å²) in [5.41, 5.74) is 16.2. The second-order valence-corrected chi connectivity index (χ2v) is 22.0. The summed E-state index contributed by atoms with van der Waals surface area (Å²) < 4.78 is 0. The molecule has 2 heteroatoms. The molecule has 0 heterocycles. The Morgan fingerprint density at radius 3 is 1.17 bits per heavy atom. The Balaban J connectivity index is 1.94. The molecule has 0 N–H and O–H groups in total. The van der Waals surface area contributed by atoms with Gasteiger partial charge in [-0.15, -0.1) is 0 Å². The maximum Gasteiger partial charge on any atom is 0.0779 e. The van der Waals surface area contributed by atoms with Gasteiger partial charge in [0, 0.05) is 0 Å². The topological polar surface area (TPSA) is 0 Å². The van der Waals surface area contributed by atoms with Gasteiger partial charge < -0.3 is 0 Å². The van der Waals surface area contributed by atoms with Crippen molar-refractivity contribution in [3.63, 3.8) is 0 Å². The lowest BCUT2D eigenvalue weighted by atomic mass is 9.90. The van der Waals surface area contributed by atoms with Crippen molar-refractivity contribution in [1.29, 1.82) is 0 Å². The van der Waals surface area contributed by atoms with Gasteiger partial charge in [0.25, 0.3) is 0 Å². The van der Waals surface area contributed by atoms with Crippen molar-refractivity contribution in [3.05, 3.63) is 56.6 Å². The first-order valence-electron chi connectivity index (χ1n) is 11.8. The molecule has 2 aliphatic carbocycles. The highest BCUT2D eigenvalue weighted by atomic mass is 28.3. The van der Waals surface area contributed by atoms with E-state index in [4.69, 9.17) is 0 Å². The van der Waals surface area contributed by atoms with E-state index in [9.17, 15) is 0 Å². The van der Waals surface area contributed by atoms with E-state index in [2.05, 4.69) is 79.1 Å². The molecule has 4 rings (SSSR count). The van der Waals surface area contributed by atoms with Gasteiger partial charge in [0.2, 0.25) is 0 Å². The molecule has 0 aliphatic heterocycles. The minimum absolute atomic E-state index is 1.23. The molecule has 0 bridgehead atoms. The minimum Gasteiger partial charge on any atom is -0.0656 e. The van der Waals surface area contributed by atoms with E-state index in [1.165, 1.54) is 36.8 Å². The highest BCUT2D eigenvalue weighted by Crippen LogP contribution is 2.47. The number of benzene rings is 2. The van der Waals surface area contributed by atoms with E-state index in [0.717, 1.165) is 0 Å². The van der Waals surface area contributed by atoms with Crippen LogP contribution in [0.1, 0.15) is 57.3 Å². The van der Waals surface area contributed by atoms with E-state index >= 15 is 0 Å². The third-order valence-corrected chi connectivity index (χ3v) is 11.9. The molecule has 0 atom stereocenters. The smallest absolute Gasteiger partial charge is 0.0656 e. The van der Waals surface area contributed by atoms with Crippen LogP contribution in [0.4, 0.5) is 0 Å². The number of hydrogen-bond donors (Lipinski definition) is 0. The molecule has 30 heavy (non-hydrogen) atoms. The Morgan fingerprint density at radius 2 is 0.867 bits per heavy atom. The maximum atomic E-state index is 2.55. The molecule has 0 spiro atoms. The van der Waals surface area contributed by atoms with Crippen LogP contribution in [0.2, 0.25) is 39.3 Å². The Kier molecular flexibility index (Phi) is 5.14. The van der Waals surface area contributed by atoms with Crippen LogP contribution in [-0.2, 0) is 12.8 Å². The van der Waals surface area contributed by atoms with Gasteiger partial charge in [0.1, 0.15) is 0 Å². The zero-order valence-corrected chi connectivity index (χ0v) is 23.0. The standard InChI is InChI=1S/C28H40Si2/c1-17-15-25(29(5,6)7)19(3)21-11-13-23(27(17)21)24-14-12-22-20(4)26(30(8,9)10)16-18(2)28(22)24/h15-16H,11-14H2,1-10H3/b24-23+. The maximum absolute atomic E-state index is 2.55. The van der Waals surface area contributed by atoms with Gasteiger partial charge in [-0.1, -0.05) is 61.8 Å². The van der Waals surface area contributed by atoms with E-state index in [1.54, 1.807) is 54.9 Å². The van der Waals surface area contributed by atoms with Crippen molar-refractivity contribution in [3.8, 4) is 0 Å². The zero-order chi connectivity index (χ0) is 22.2. The van der Waals surface area contributed by atoms with Crippen LogP contribution in [-0.4, -0.2) is 16.1 Å². The molecule has 160 valence electrons. The molecule has 2 aromatic rings. The average Bonchev–Trinajstić information content (AvgIpc) is 3.23. The third-order valence-electron chi connectivity index (χ3n) is 7.66. The van der Waals surface area contributed by atoms with Gasteiger partial charge >= 0.3 is 0 Å². The van der Waals surface area contributed by atoms with Gasteiger partial charge in [-0.05, 0) is 109 Å². The number of hydrogen-bond acceptors (Lipinski definition) is 0. The molecular weight excluding hydrogens is 392 g/mol. The van der Waals surface area contributed by atoms with Crippen LogP contribution in [0.3, 0.4) is 0 Å². The molecule has 2 aromatic carbocycles. The second-order valence-electron chi connectivity index (χ2n) is 11.9. The number of aryl methyl sites for hydroxylation is 2. The van der Waals surface area contributed by atoms with Crippen LogP contribution in [0.15, 0.2) is 12.1 Å². The van der Waals surface area contributed by atoms with Crippen molar-refractivity contribution in [2.75, 3.05) is 0 Å². The largest absolute Gasteiger partial charge is 0.0779 e. The first-order valence-corrected chi connectivity index (χ1v) is 18.8. The zero-order valence-electron chi connectivity index (χ0n) is 21.0. The summed E-state index contributed by atoms with van der Waals surface area (Å²) in [4.78, 5) is 0. The second kappa shape index (κ2) is 7.07. The summed E-state index contributed by atoms with van der Waals surface area (Å²) in [7, 11) is -2.63. The van der Waals surface area contributed by atoms with E-state index in [1.807, 2.05) is 0 Å². The Labute approximate surface area is 186 Å². The lowest BCUT2D eigenvalue weighted by Crippen LogP contribution is -2.40. The lowest BCUT2D eigenvalue weighted by Gasteiger charge is -2.25. The summed E-state index contributed by atoms with van der Waals surface area (Å²) in [6.45, 7) is 24.5. The molecule has 0 saturated carbocycles. The summed E-state index contributed by atoms with van der Waals surface area (Å²) >= 11 is 0. The van der Waals surface area contributed by atoms with Crippen molar-refractivity contribution < 1.29 is 0 Å². The number of rotatable bonds is 2. The predicted molar refractivity (Wildman–Crippen MR) is 141 cm³/mol. The molecular formula is C28H40Si2. The average molecular weight is 433 g/mol. The predicted octanol–water partition coefficient (Wildman–Crippen LogP) is 6.81. The van der Waals surface area contributed by atoms with Crippen molar-refractivity contribution >= 4 is 37.7 Å². The van der Waals surface area contributed by atoms with Crippen LogP contribution in [0.25, 0.3) is 11.1 Å². The molecule has 0 fully saturated rings. The van der Waals surface area contributed by atoms with Crippen molar-refractivity contribution in [2.45, 2.75) is 92.7 Å². The molecule has 0 amide bonds. The van der Waals surface area contributed by atoms with Crippen LogP contribution in [0, 0.1) is 27.7 Å². The third kappa shape index (κ3) is 3.31. The number of fused-ring (bicyclic) bond motifs is 2.